The second-order valence-corrected chi connectivity index (χ2v) is 13.8. The van der Waals surface area contributed by atoms with Crippen LogP contribution in [-0.2, 0) is 19.1 Å². The first-order valence-electron chi connectivity index (χ1n) is 22.3. The number of alkyl carbamates (subject to hydrolysis) is 2. The molecule has 14 nitrogen and oxygen atoms in total. The number of imidazole rings is 2. The Hall–Kier alpha value is -6.10. The van der Waals surface area contributed by atoms with Gasteiger partial charge in [-0.3, -0.25) is 9.59 Å². The lowest BCUT2D eigenvalue weighted by Crippen LogP contribution is -2.51. The summed E-state index contributed by atoms with van der Waals surface area (Å²) in [7, 11) is 2.16. The lowest BCUT2D eigenvalue weighted by atomic mass is 10.0. The van der Waals surface area contributed by atoms with Crippen molar-refractivity contribution in [1.29, 1.82) is 0 Å². The van der Waals surface area contributed by atoms with Crippen LogP contribution in [0.15, 0.2) is 60.9 Å². The highest BCUT2D eigenvalue weighted by Crippen LogP contribution is 2.34. The van der Waals surface area contributed by atoms with Crippen LogP contribution in [0.5, 0.6) is 0 Å². The van der Waals surface area contributed by atoms with E-state index in [0.29, 0.717) is 30.9 Å². The highest BCUT2D eigenvalue weighted by molar-refractivity contribution is 5.87. The topological polar surface area (TPSA) is 175 Å². The first kappa shape index (κ1) is 30.2. The third-order valence-electron chi connectivity index (χ3n) is 9.88. The first-order chi connectivity index (χ1) is 30.1. The summed E-state index contributed by atoms with van der Waals surface area (Å²) in [4.78, 5) is 70.3. The second-order valence-electron chi connectivity index (χ2n) is 13.8. The summed E-state index contributed by atoms with van der Waals surface area (Å²) < 4.78 is 74.4. The molecule has 0 saturated carbocycles. The number of carbonyl (C=O) groups is 4. The van der Waals surface area contributed by atoms with Crippen LogP contribution in [0.25, 0.3) is 22.5 Å². The van der Waals surface area contributed by atoms with Crippen LogP contribution in [0.3, 0.4) is 0 Å². The molecule has 0 aliphatic carbocycles. The molecule has 2 saturated heterocycles. The fourth-order valence-corrected chi connectivity index (χ4v) is 6.92. The lowest BCUT2D eigenvalue weighted by molar-refractivity contribution is -0.136. The van der Waals surface area contributed by atoms with Crippen LogP contribution in [0.1, 0.15) is 99.1 Å². The quantitative estimate of drug-likeness (QED) is 0.143. The molecule has 0 radical (unpaired) electrons. The predicted octanol–water partition coefficient (Wildman–Crippen LogP) is 5.95. The van der Waals surface area contributed by atoms with Crippen LogP contribution in [0, 0.1) is 23.7 Å². The Labute approximate surface area is 338 Å². The molecular formula is C42H50N8O6. The van der Waals surface area contributed by atoms with Crippen molar-refractivity contribution < 1.29 is 39.6 Å². The monoisotopic (exact) mass is 770 g/mol. The number of nitrogens with zero attached hydrogens (tertiary/aromatic N) is 4. The van der Waals surface area contributed by atoms with Crippen molar-refractivity contribution in [3.63, 3.8) is 0 Å². The number of nitrogens with one attached hydrogen (secondary N) is 4. The maximum absolute atomic E-state index is 14.1. The van der Waals surface area contributed by atoms with E-state index in [-0.39, 0.29) is 30.2 Å². The van der Waals surface area contributed by atoms with Crippen LogP contribution >= 0.6 is 0 Å². The van der Waals surface area contributed by atoms with Gasteiger partial charge in [0.05, 0.1) is 51.5 Å². The number of H-pyrrole nitrogens is 2. The van der Waals surface area contributed by atoms with Gasteiger partial charge in [0, 0.05) is 33.8 Å². The Balaban J connectivity index is 1.13. The Morgan fingerprint density at radius 2 is 1.23 bits per heavy atom. The van der Waals surface area contributed by atoms with Crippen molar-refractivity contribution in [2.24, 2.45) is 11.8 Å². The number of aromatic amines is 2. The second kappa shape index (κ2) is 17.6. The summed E-state index contributed by atoms with van der Waals surface area (Å²) >= 11 is 0. The number of methoxy groups -OCH3 is 2. The molecule has 4 aromatic rings. The number of hydrogen-bond donors (Lipinski definition) is 4. The summed E-state index contributed by atoms with van der Waals surface area (Å²) in [6.45, 7) is -3.17. The van der Waals surface area contributed by atoms with Gasteiger partial charge in [-0.15, -0.1) is 0 Å². The normalized spacial score (nSPS) is 20.9. The molecule has 6 rings (SSSR count). The van der Waals surface area contributed by atoms with E-state index in [2.05, 4.69) is 41.8 Å². The van der Waals surface area contributed by atoms with E-state index in [4.69, 9.17) is 15.7 Å². The van der Waals surface area contributed by atoms with Crippen LogP contribution in [0.4, 0.5) is 9.59 Å². The molecule has 4 heterocycles. The van der Waals surface area contributed by atoms with Gasteiger partial charge < -0.3 is 39.9 Å². The summed E-state index contributed by atoms with van der Waals surface area (Å²) in [6, 6.07) is 9.58. The molecule has 56 heavy (non-hydrogen) atoms. The van der Waals surface area contributed by atoms with Crippen molar-refractivity contribution in [3.05, 3.63) is 83.7 Å². The SMILES string of the molecule is [2H]C([2H])([2H])C([2H])(C([2H])([2H])[2H])[C@@]([2H])(NC(=O)OC)C(=O)N1CCC[C@H]1c1ncc(-c2ccc(C#Cc3ccc(-c4cnc([C@@H]5CCCN5C(=O)[C@@H](NC(=O)OC)C(C)C)[nH]4)cc3)cc2)[nH]1. The van der Waals surface area contributed by atoms with E-state index in [0.717, 1.165) is 52.8 Å². The Morgan fingerprint density at radius 3 is 1.68 bits per heavy atom. The maximum Gasteiger partial charge on any atom is 0.407 e. The Bertz CT molecular complexity index is 2390. The number of aromatic nitrogens is 4. The van der Waals surface area contributed by atoms with Gasteiger partial charge in [-0.2, -0.15) is 0 Å². The zero-order chi connectivity index (χ0) is 46.8. The number of benzene rings is 2. The molecule has 0 bridgehead atoms. The highest BCUT2D eigenvalue weighted by Gasteiger charge is 2.39. The molecule has 4 amide bonds. The molecule has 2 aliphatic rings. The molecule has 2 aliphatic heterocycles. The molecule has 14 heteroatoms. The van der Waals surface area contributed by atoms with Crippen molar-refractivity contribution in [3.8, 4) is 34.4 Å². The fraction of sp³-hybridized carbons (Fsp3) is 0.429. The standard InChI is InChI=1S/C42H50N8O6/c1-25(2)35(47-41(53)55-5)39(51)49-21-7-9-33(49)37-43-23-31(45-37)29-17-13-27(14-18-29)11-12-28-15-19-30(20-16-28)32-24-44-38(46-32)34-10-8-22-50(34)40(52)36(26(3)4)48-42(54)56-6/h13-20,23-26,33-36H,7-10,21-22H2,1-6H3,(H,43,45)(H,44,46)(H,47,53)(H,48,54)/t33-,34-,35-,36+/m0/s1/i1D3,2D3,25D,35D/t33-,34-,35+,36-. The van der Waals surface area contributed by atoms with E-state index in [9.17, 15) is 19.2 Å². The summed E-state index contributed by atoms with van der Waals surface area (Å²) in [5, 5.41) is 4.44. The van der Waals surface area contributed by atoms with Gasteiger partial charge >= 0.3 is 12.2 Å². The number of carbonyl (C=O) groups excluding carboxylic acids is 4. The Morgan fingerprint density at radius 1 is 0.768 bits per heavy atom. The van der Waals surface area contributed by atoms with Gasteiger partial charge in [-0.1, -0.05) is 63.7 Å². The van der Waals surface area contributed by atoms with Gasteiger partial charge in [0.15, 0.2) is 0 Å². The lowest BCUT2D eigenvalue weighted by Gasteiger charge is -2.30. The van der Waals surface area contributed by atoms with Crippen molar-refractivity contribution >= 4 is 24.0 Å². The molecule has 2 fully saturated rings. The minimum Gasteiger partial charge on any atom is -0.453 e. The van der Waals surface area contributed by atoms with Crippen molar-refractivity contribution in [2.75, 3.05) is 27.3 Å². The highest BCUT2D eigenvalue weighted by atomic mass is 16.5. The number of amides is 4. The van der Waals surface area contributed by atoms with Crippen LogP contribution in [-0.4, -0.2) is 93.1 Å². The zero-order valence-corrected chi connectivity index (χ0v) is 31.6. The van der Waals surface area contributed by atoms with Crippen molar-refractivity contribution in [2.45, 2.75) is 77.4 Å². The van der Waals surface area contributed by atoms with Gasteiger partial charge in [0.25, 0.3) is 0 Å². The number of rotatable bonds is 10. The molecule has 294 valence electrons. The number of ether oxygens (including phenoxy) is 2. The van der Waals surface area contributed by atoms with E-state index in [1.165, 1.54) is 13.3 Å². The van der Waals surface area contributed by atoms with E-state index in [1.54, 1.807) is 16.4 Å². The maximum atomic E-state index is 14.1. The minimum absolute atomic E-state index is 0.0250. The minimum atomic E-state index is -3.78. The Kier molecular flexibility index (Phi) is 9.46. The third-order valence-corrected chi connectivity index (χ3v) is 9.88. The summed E-state index contributed by atoms with van der Waals surface area (Å²) in [5.41, 5.74) is 4.45. The van der Waals surface area contributed by atoms with Gasteiger partial charge in [0.1, 0.15) is 23.7 Å². The molecule has 2 aromatic carbocycles. The van der Waals surface area contributed by atoms with Crippen LogP contribution < -0.4 is 10.6 Å². The molecule has 0 spiro atoms. The molecule has 2 aromatic heterocycles. The largest absolute Gasteiger partial charge is 0.453 e. The first-order valence-corrected chi connectivity index (χ1v) is 18.3. The summed E-state index contributed by atoms with van der Waals surface area (Å²) in [5.74, 6) is 1.76. The van der Waals surface area contributed by atoms with Gasteiger partial charge in [0.2, 0.25) is 11.8 Å². The van der Waals surface area contributed by atoms with E-state index in [1.807, 2.05) is 62.4 Å². The molecule has 4 N–H and O–H groups in total. The van der Waals surface area contributed by atoms with E-state index >= 15 is 0 Å². The molecule has 4 atom stereocenters. The number of likely N-dealkylation sites (tertiary alicyclic amines) is 2. The van der Waals surface area contributed by atoms with Crippen molar-refractivity contribution in [1.82, 2.24) is 40.4 Å². The smallest absolute Gasteiger partial charge is 0.407 e. The fourth-order valence-electron chi connectivity index (χ4n) is 6.92. The average molecular weight is 771 g/mol. The van der Waals surface area contributed by atoms with Crippen LogP contribution in [0.2, 0.25) is 0 Å². The average Bonchev–Trinajstić information content (AvgIpc) is 4.10. The van der Waals surface area contributed by atoms with Gasteiger partial charge in [-0.25, -0.2) is 19.6 Å². The third kappa shape index (κ3) is 8.88. The number of hydrogen-bond acceptors (Lipinski definition) is 8. The van der Waals surface area contributed by atoms with E-state index < -0.39 is 55.8 Å². The zero-order valence-electron chi connectivity index (χ0n) is 39.6. The van der Waals surface area contributed by atoms with Gasteiger partial charge in [-0.05, 0) is 72.9 Å². The molecule has 0 unspecified atom stereocenters. The predicted molar refractivity (Wildman–Crippen MR) is 210 cm³/mol. The molecular weight excluding hydrogens is 713 g/mol. The summed E-state index contributed by atoms with van der Waals surface area (Å²) in [6.07, 6.45) is 3.40.